The van der Waals surface area contributed by atoms with Crippen LogP contribution in [0.2, 0.25) is 0 Å². The van der Waals surface area contributed by atoms with Gasteiger partial charge in [0, 0.05) is 32.1 Å². The molecule has 0 aliphatic carbocycles. The summed E-state index contributed by atoms with van der Waals surface area (Å²) in [5, 5.41) is 5.94. The summed E-state index contributed by atoms with van der Waals surface area (Å²) >= 11 is 0. The number of benzene rings is 1. The quantitative estimate of drug-likeness (QED) is 0.700. The molecule has 1 aromatic carbocycles. The smallest absolute Gasteiger partial charge is 0.324 e. The average Bonchev–Trinajstić information content (AvgIpc) is 3.23. The van der Waals surface area contributed by atoms with Gasteiger partial charge in [-0.25, -0.2) is 9.78 Å². The van der Waals surface area contributed by atoms with Crippen molar-refractivity contribution in [1.82, 2.24) is 20.2 Å². The number of aromatic nitrogens is 2. The molecule has 1 aliphatic heterocycles. The highest BCUT2D eigenvalue weighted by Crippen LogP contribution is 2.26. The number of fused-ring (bicyclic) bond motifs is 3. The molecule has 3 rings (SSSR count). The van der Waals surface area contributed by atoms with E-state index in [1.54, 1.807) is 4.90 Å². The molecule has 1 aliphatic rings. The van der Waals surface area contributed by atoms with Crippen molar-refractivity contribution in [2.75, 3.05) is 18.0 Å². The molecule has 2 aromatic rings. The average molecular weight is 371 g/mol. The monoisotopic (exact) mass is 371 g/mol. The van der Waals surface area contributed by atoms with Gasteiger partial charge < -0.3 is 15.2 Å². The first-order valence-electron chi connectivity index (χ1n) is 9.90. The van der Waals surface area contributed by atoms with Gasteiger partial charge in [0.05, 0.1) is 11.0 Å². The lowest BCUT2D eigenvalue weighted by Gasteiger charge is -2.15. The van der Waals surface area contributed by atoms with E-state index in [2.05, 4.69) is 27.1 Å². The number of nitrogens with zero attached hydrogens (tertiary/aromatic N) is 3. The third-order valence-corrected chi connectivity index (χ3v) is 5.04. The Morgan fingerprint density at radius 1 is 1.19 bits per heavy atom. The summed E-state index contributed by atoms with van der Waals surface area (Å²) in [6.45, 7) is 6.11. The molecule has 1 aromatic heterocycles. The number of amides is 3. The van der Waals surface area contributed by atoms with Crippen LogP contribution in [0.4, 0.5) is 10.7 Å². The standard InChI is InChI=1S/C20H29N5O2/c1-3-15(2)22-18(26)11-5-4-8-12-21-20(27)25-14-13-24-17-10-7-6-9-16(17)23-19(24)25/h6-7,9-10,15H,3-5,8,11-14H2,1-2H3,(H,21,27)(H,22,26). The first-order valence-corrected chi connectivity index (χ1v) is 9.90. The number of anilines is 1. The van der Waals surface area contributed by atoms with Crippen molar-refractivity contribution in [3.05, 3.63) is 24.3 Å². The molecule has 1 unspecified atom stereocenters. The van der Waals surface area contributed by atoms with Crippen LogP contribution in [0.25, 0.3) is 11.0 Å². The van der Waals surface area contributed by atoms with Crippen LogP contribution in [-0.4, -0.2) is 40.6 Å². The van der Waals surface area contributed by atoms with Crippen molar-refractivity contribution in [3.8, 4) is 0 Å². The Kier molecular flexibility index (Phi) is 6.32. The lowest BCUT2D eigenvalue weighted by Crippen LogP contribution is -2.39. The normalized spacial score (nSPS) is 14.2. The van der Waals surface area contributed by atoms with E-state index < -0.39 is 0 Å². The van der Waals surface area contributed by atoms with E-state index in [0.717, 1.165) is 49.2 Å². The van der Waals surface area contributed by atoms with Gasteiger partial charge in [-0.15, -0.1) is 0 Å². The van der Waals surface area contributed by atoms with Crippen LogP contribution in [-0.2, 0) is 11.3 Å². The van der Waals surface area contributed by atoms with Gasteiger partial charge in [0.15, 0.2) is 0 Å². The van der Waals surface area contributed by atoms with E-state index in [4.69, 9.17) is 0 Å². The summed E-state index contributed by atoms with van der Waals surface area (Å²) in [5.74, 6) is 0.833. The second kappa shape index (κ2) is 8.88. The molecule has 7 heteroatoms. The molecule has 0 saturated carbocycles. The van der Waals surface area contributed by atoms with Gasteiger partial charge in [-0.05, 0) is 38.3 Å². The molecular formula is C20H29N5O2. The number of rotatable bonds is 8. The molecule has 1 atom stereocenters. The maximum absolute atomic E-state index is 12.5. The third kappa shape index (κ3) is 4.59. The van der Waals surface area contributed by atoms with Crippen LogP contribution in [0, 0.1) is 0 Å². The van der Waals surface area contributed by atoms with E-state index in [-0.39, 0.29) is 18.0 Å². The molecule has 2 N–H and O–H groups in total. The van der Waals surface area contributed by atoms with E-state index >= 15 is 0 Å². The highest BCUT2D eigenvalue weighted by atomic mass is 16.2. The molecule has 7 nitrogen and oxygen atoms in total. The minimum Gasteiger partial charge on any atom is -0.354 e. The fraction of sp³-hybridized carbons (Fsp3) is 0.550. The Morgan fingerprint density at radius 2 is 2.00 bits per heavy atom. The van der Waals surface area contributed by atoms with E-state index in [1.807, 2.05) is 31.2 Å². The topological polar surface area (TPSA) is 79.3 Å². The number of nitrogens with one attached hydrogen (secondary N) is 2. The van der Waals surface area contributed by atoms with Crippen molar-refractivity contribution in [1.29, 1.82) is 0 Å². The molecule has 3 amide bonds. The van der Waals surface area contributed by atoms with Crippen molar-refractivity contribution in [2.45, 2.75) is 58.5 Å². The van der Waals surface area contributed by atoms with Crippen LogP contribution in [0.5, 0.6) is 0 Å². The summed E-state index contributed by atoms with van der Waals surface area (Å²) in [4.78, 5) is 30.5. The summed E-state index contributed by atoms with van der Waals surface area (Å²) in [6, 6.07) is 8.08. The lowest BCUT2D eigenvalue weighted by molar-refractivity contribution is -0.121. The number of imidazole rings is 1. The fourth-order valence-electron chi connectivity index (χ4n) is 3.31. The SMILES string of the molecule is CCC(C)NC(=O)CCCCCNC(=O)N1CCn2c1nc1ccccc12. The van der Waals surface area contributed by atoms with Crippen molar-refractivity contribution in [3.63, 3.8) is 0 Å². The summed E-state index contributed by atoms with van der Waals surface area (Å²) in [5.41, 5.74) is 1.99. The largest absolute Gasteiger partial charge is 0.354 e. The maximum atomic E-state index is 12.5. The molecular weight excluding hydrogens is 342 g/mol. The van der Waals surface area contributed by atoms with Gasteiger partial charge >= 0.3 is 6.03 Å². The predicted molar refractivity (Wildman–Crippen MR) is 107 cm³/mol. The first kappa shape index (κ1) is 19.2. The molecule has 0 radical (unpaired) electrons. The molecule has 0 bridgehead atoms. The molecule has 0 fully saturated rings. The second-order valence-corrected chi connectivity index (χ2v) is 7.12. The highest BCUT2D eigenvalue weighted by Gasteiger charge is 2.27. The maximum Gasteiger partial charge on any atom is 0.324 e. The Hall–Kier alpha value is -2.57. The second-order valence-electron chi connectivity index (χ2n) is 7.12. The number of hydrogen-bond donors (Lipinski definition) is 2. The van der Waals surface area contributed by atoms with Crippen LogP contribution in [0.15, 0.2) is 24.3 Å². The third-order valence-electron chi connectivity index (χ3n) is 5.04. The number of para-hydroxylation sites is 2. The first-order chi connectivity index (χ1) is 13.1. The van der Waals surface area contributed by atoms with Crippen molar-refractivity contribution in [2.24, 2.45) is 0 Å². The van der Waals surface area contributed by atoms with E-state index in [9.17, 15) is 9.59 Å². The number of carbonyl (C=O) groups excluding carboxylic acids is 2. The predicted octanol–water partition coefficient (Wildman–Crippen LogP) is 3.04. The van der Waals surface area contributed by atoms with Gasteiger partial charge in [-0.2, -0.15) is 0 Å². The molecule has 0 saturated heterocycles. The van der Waals surface area contributed by atoms with E-state index in [1.165, 1.54) is 0 Å². The summed E-state index contributed by atoms with van der Waals surface area (Å²) < 4.78 is 2.09. The van der Waals surface area contributed by atoms with Gasteiger partial charge in [0.1, 0.15) is 0 Å². The van der Waals surface area contributed by atoms with E-state index in [0.29, 0.717) is 19.5 Å². The highest BCUT2D eigenvalue weighted by molar-refractivity contribution is 5.93. The Balaban J connectivity index is 1.38. The fourth-order valence-corrected chi connectivity index (χ4v) is 3.31. The Morgan fingerprint density at radius 3 is 2.81 bits per heavy atom. The molecule has 2 heterocycles. The van der Waals surface area contributed by atoms with Crippen molar-refractivity contribution < 1.29 is 9.59 Å². The zero-order valence-corrected chi connectivity index (χ0v) is 16.2. The number of urea groups is 1. The molecule has 0 spiro atoms. The van der Waals surface area contributed by atoms with Crippen LogP contribution in [0.3, 0.4) is 0 Å². The zero-order valence-electron chi connectivity index (χ0n) is 16.2. The minimum atomic E-state index is -0.0985. The minimum absolute atomic E-state index is 0.0985. The van der Waals surface area contributed by atoms with Crippen LogP contribution >= 0.6 is 0 Å². The Bertz CT molecular complexity index is 801. The van der Waals surface area contributed by atoms with Crippen LogP contribution in [0.1, 0.15) is 46.0 Å². The van der Waals surface area contributed by atoms with Gasteiger partial charge in [0.2, 0.25) is 11.9 Å². The number of carbonyl (C=O) groups is 2. The number of unbranched alkanes of at least 4 members (excludes halogenated alkanes) is 2. The Labute approximate surface area is 160 Å². The van der Waals surface area contributed by atoms with Gasteiger partial charge in [-0.3, -0.25) is 9.69 Å². The molecule has 27 heavy (non-hydrogen) atoms. The lowest BCUT2D eigenvalue weighted by atomic mass is 10.1. The number of hydrogen-bond acceptors (Lipinski definition) is 3. The molecule has 146 valence electrons. The zero-order chi connectivity index (χ0) is 19.2. The van der Waals surface area contributed by atoms with Crippen LogP contribution < -0.4 is 15.5 Å². The van der Waals surface area contributed by atoms with Gasteiger partial charge in [0.25, 0.3) is 0 Å². The van der Waals surface area contributed by atoms with Crippen molar-refractivity contribution >= 4 is 28.9 Å². The van der Waals surface area contributed by atoms with Gasteiger partial charge in [-0.1, -0.05) is 25.5 Å². The summed E-state index contributed by atoms with van der Waals surface area (Å²) in [6.07, 6.45) is 4.13. The summed E-state index contributed by atoms with van der Waals surface area (Å²) in [7, 11) is 0.